The number of phenolic OH excluding ortho intramolecular Hbond substituents is 1. The van der Waals surface area contributed by atoms with Crippen LogP contribution < -0.4 is 27.0 Å². The summed E-state index contributed by atoms with van der Waals surface area (Å²) in [7, 11) is 0. The van der Waals surface area contributed by atoms with E-state index in [9.17, 15) is 19.5 Å². The van der Waals surface area contributed by atoms with E-state index in [0.717, 1.165) is 88.3 Å². The molecule has 6 heterocycles. The number of phenols is 1. The van der Waals surface area contributed by atoms with Crippen LogP contribution >= 0.6 is 0 Å². The average Bonchev–Trinajstić information content (AvgIpc) is 3.49. The number of hydrogen-bond acceptors (Lipinski definition) is 10. The van der Waals surface area contributed by atoms with Gasteiger partial charge in [0.25, 0.3) is 5.91 Å². The molecule has 0 aromatic heterocycles. The van der Waals surface area contributed by atoms with Crippen molar-refractivity contribution in [1.82, 2.24) is 25.3 Å². The first-order chi connectivity index (χ1) is 25.2. The van der Waals surface area contributed by atoms with Crippen LogP contribution in [0, 0.1) is 5.92 Å². The number of nitrogens with two attached hydrogens (primary N) is 2. The predicted octanol–water partition coefficient (Wildman–Crippen LogP) is 1.83. The second-order valence-corrected chi connectivity index (χ2v) is 14.4. The van der Waals surface area contributed by atoms with Gasteiger partial charge in [-0.25, -0.2) is 0 Å². The van der Waals surface area contributed by atoms with Gasteiger partial charge in [-0.2, -0.15) is 0 Å². The zero-order valence-electron chi connectivity index (χ0n) is 30.3. The Morgan fingerprint density at radius 1 is 0.943 bits per heavy atom. The molecule has 15 heteroatoms. The molecule has 0 bridgehead atoms. The number of nitrogens with one attached hydrogen (secondary N) is 2. The van der Waals surface area contributed by atoms with Crippen LogP contribution in [0.1, 0.15) is 47.2 Å². The van der Waals surface area contributed by atoms with E-state index < -0.39 is 6.04 Å². The second-order valence-electron chi connectivity index (χ2n) is 14.4. The Morgan fingerprint density at radius 2 is 1.72 bits per heavy atom. The van der Waals surface area contributed by atoms with Crippen molar-refractivity contribution in [2.45, 2.75) is 44.3 Å². The van der Waals surface area contributed by atoms with E-state index in [2.05, 4.69) is 42.0 Å². The smallest absolute Gasteiger partial charge is 0.255 e. The summed E-state index contributed by atoms with van der Waals surface area (Å²) >= 11 is 0. The number of aromatic hydroxyl groups is 1. The number of para-hydroxylation sites is 1. The Morgan fingerprint density at radius 3 is 2.47 bits per heavy atom. The molecule has 2 aromatic rings. The number of imide groups is 1. The third-order valence-electron chi connectivity index (χ3n) is 11.1. The molecule has 7 N–H and O–H groups in total. The van der Waals surface area contributed by atoms with Crippen LogP contribution in [0.2, 0.25) is 0 Å². The first kappa shape index (κ1) is 39.0. The number of hydrogen-bond donors (Lipinski definition) is 5. The maximum absolute atomic E-state index is 13.1. The van der Waals surface area contributed by atoms with E-state index in [-0.39, 0.29) is 62.6 Å². The van der Waals surface area contributed by atoms with Crippen molar-refractivity contribution in [1.29, 1.82) is 0 Å². The number of amides is 3. The van der Waals surface area contributed by atoms with Gasteiger partial charge in [0.2, 0.25) is 11.8 Å². The molecule has 2 aromatic carbocycles. The van der Waals surface area contributed by atoms with E-state index in [1.54, 1.807) is 23.1 Å². The monoisotopic (exact) mass is 799 g/mol. The predicted molar refractivity (Wildman–Crippen MR) is 200 cm³/mol. The Kier molecular flexibility index (Phi) is 13.0. The van der Waals surface area contributed by atoms with Gasteiger partial charge in [-0.15, -0.1) is 26.2 Å². The molecule has 0 spiro atoms. The van der Waals surface area contributed by atoms with Gasteiger partial charge >= 0.3 is 0 Å². The molecule has 1 radical (unpaired) electrons. The summed E-state index contributed by atoms with van der Waals surface area (Å²) in [5.41, 5.74) is 16.9. The van der Waals surface area contributed by atoms with Crippen LogP contribution in [0.25, 0.3) is 16.3 Å². The van der Waals surface area contributed by atoms with Crippen molar-refractivity contribution >= 4 is 29.1 Å². The van der Waals surface area contributed by atoms with Gasteiger partial charge in [-0.3, -0.25) is 24.6 Å². The molecule has 3 amide bonds. The van der Waals surface area contributed by atoms with E-state index in [1.165, 1.54) is 19.4 Å². The quantitative estimate of drug-likeness (QED) is 0.270. The molecule has 6 aliphatic heterocycles. The fourth-order valence-corrected chi connectivity index (χ4v) is 8.05. The molecule has 53 heavy (non-hydrogen) atoms. The third-order valence-corrected chi connectivity index (χ3v) is 11.1. The molecular weight excluding hydrogens is 749 g/mol. The van der Waals surface area contributed by atoms with Crippen LogP contribution in [0.5, 0.6) is 5.75 Å². The van der Waals surface area contributed by atoms with E-state index in [1.807, 2.05) is 24.3 Å². The number of fused-ring (bicyclic) bond motifs is 2. The SMILES string of the molecule is NC1=C(/C=C(\N)c2ccccc2O)N2CC[N-]CC2CN1.O=C1CCC(N2Cc3ccc(N4CCN(CC5CC[N-]CC5)CC4)cc3C2=O)C(=O)N1.[Y]. The minimum atomic E-state index is -0.558. The standard InChI is InChI=1S/C23H30N5O3.C15H20N5O.Y/c29-21-4-3-20(22(30)25-21)28-15-17-1-2-18(13-19(17)23(28)31)27-11-9-26(10-12-27)14-16-5-7-24-8-6-16;16-12(11-3-1-2-4-14(11)21)7-13-15(17)19-9-10-8-18-5-6-20(10)13;/h1-2,13,16,20H,3-12,14-15H2,(H,25,29,30);1-4,7,10,19,21H,5-6,8-9,16-17H2;/q2*-1;/b;12-7-;. The van der Waals surface area contributed by atoms with Crippen molar-refractivity contribution in [3.63, 3.8) is 0 Å². The van der Waals surface area contributed by atoms with Crippen molar-refractivity contribution in [2.24, 2.45) is 17.4 Å². The fourth-order valence-electron chi connectivity index (χ4n) is 8.05. The molecule has 0 aliphatic carbocycles. The summed E-state index contributed by atoms with van der Waals surface area (Å²) in [4.78, 5) is 45.5. The zero-order chi connectivity index (χ0) is 36.2. The number of carbonyl (C=O) groups is 3. The average molecular weight is 800 g/mol. The second kappa shape index (κ2) is 17.6. The van der Waals surface area contributed by atoms with Crippen molar-refractivity contribution in [2.75, 3.05) is 76.9 Å². The fraction of sp³-hybridized carbons (Fsp3) is 0.500. The van der Waals surface area contributed by atoms with Gasteiger partial charge in [0.15, 0.2) is 0 Å². The number of benzene rings is 2. The van der Waals surface area contributed by atoms with Crippen molar-refractivity contribution in [3.05, 3.63) is 87.4 Å². The van der Waals surface area contributed by atoms with Crippen LogP contribution in [0.3, 0.4) is 0 Å². The summed E-state index contributed by atoms with van der Waals surface area (Å²) in [6.45, 7) is 10.9. The number of piperidine rings is 2. The summed E-state index contributed by atoms with van der Waals surface area (Å²) in [6.07, 6.45) is 4.94. The molecule has 14 nitrogen and oxygen atoms in total. The van der Waals surface area contributed by atoms with Gasteiger partial charge in [0, 0.05) is 113 Å². The number of anilines is 1. The minimum Gasteiger partial charge on any atom is -0.662 e. The normalized spacial score (nSPS) is 24.0. The van der Waals surface area contributed by atoms with Crippen molar-refractivity contribution < 1.29 is 52.2 Å². The molecule has 2 atom stereocenters. The maximum atomic E-state index is 13.1. The number of piperazine rings is 2. The van der Waals surface area contributed by atoms with Crippen LogP contribution in [0.15, 0.2) is 60.1 Å². The summed E-state index contributed by atoms with van der Waals surface area (Å²) < 4.78 is 0. The first-order valence-electron chi connectivity index (χ1n) is 18.5. The Hall–Kier alpha value is -3.69. The molecule has 4 fully saturated rings. The Labute approximate surface area is 336 Å². The zero-order valence-corrected chi connectivity index (χ0v) is 33.1. The molecule has 0 saturated carbocycles. The number of allylic oxidation sites excluding steroid dienone is 1. The van der Waals surface area contributed by atoms with E-state index in [4.69, 9.17) is 11.5 Å². The van der Waals surface area contributed by atoms with Crippen molar-refractivity contribution in [3.8, 4) is 5.75 Å². The number of carbonyl (C=O) groups excluding carboxylic acids is 3. The summed E-state index contributed by atoms with van der Waals surface area (Å²) in [5.74, 6) is 0.837. The summed E-state index contributed by atoms with van der Waals surface area (Å²) in [5, 5.41) is 24.3. The maximum Gasteiger partial charge on any atom is 0.255 e. The molecule has 2 unspecified atom stereocenters. The Balaban J connectivity index is 0.000000191. The van der Waals surface area contributed by atoms with E-state index >= 15 is 0 Å². The largest absolute Gasteiger partial charge is 0.662 e. The Bertz CT molecular complexity index is 1720. The molecular formula is C38H50N10O4Y-2. The van der Waals surface area contributed by atoms with Crippen LogP contribution in [-0.4, -0.2) is 122 Å². The molecule has 6 aliphatic rings. The van der Waals surface area contributed by atoms with Crippen LogP contribution in [-0.2, 0) is 48.8 Å². The number of rotatable bonds is 6. The van der Waals surface area contributed by atoms with Gasteiger partial charge < -0.3 is 47.2 Å². The van der Waals surface area contributed by atoms with E-state index in [0.29, 0.717) is 41.7 Å². The van der Waals surface area contributed by atoms with Gasteiger partial charge in [-0.1, -0.05) is 31.0 Å². The first-order valence-corrected chi connectivity index (χ1v) is 18.5. The number of nitrogens with zero attached hydrogens (tertiary/aromatic N) is 6. The molecule has 8 rings (SSSR count). The summed E-state index contributed by atoms with van der Waals surface area (Å²) in [6, 6.07) is 12.9. The third kappa shape index (κ3) is 9.00. The van der Waals surface area contributed by atoms with Gasteiger partial charge in [0.05, 0.1) is 5.70 Å². The van der Waals surface area contributed by atoms with Crippen LogP contribution in [0.4, 0.5) is 5.69 Å². The van der Waals surface area contributed by atoms with Gasteiger partial charge in [-0.05, 0) is 54.8 Å². The van der Waals surface area contributed by atoms with Gasteiger partial charge in [0.1, 0.15) is 17.6 Å². The molecule has 4 saturated heterocycles. The minimum absolute atomic E-state index is 0. The molecule has 281 valence electrons. The topological polar surface area (TPSA) is 189 Å².